The average molecular weight is 365 g/mol. The van der Waals surface area contributed by atoms with Gasteiger partial charge in [-0.25, -0.2) is 0 Å². The Labute approximate surface area is 156 Å². The van der Waals surface area contributed by atoms with Crippen LogP contribution in [0.15, 0.2) is 47.0 Å². The zero-order valence-corrected chi connectivity index (χ0v) is 15.4. The maximum Gasteiger partial charge on any atom is 0.266 e. The van der Waals surface area contributed by atoms with Gasteiger partial charge in [-0.2, -0.15) is 5.10 Å². The highest BCUT2D eigenvalue weighted by Gasteiger charge is 2.19. The topological polar surface area (TPSA) is 67.6 Å². The fourth-order valence-electron chi connectivity index (χ4n) is 3.24. The molecular formula is C20H17ClN4O. The lowest BCUT2D eigenvalue weighted by Crippen LogP contribution is -1.90. The SMILES string of the molecule is Cc1cc(C)c(-c2nnc(-c3[nH]ncc3-c3ccc(Cl)cc3)o2)c(C)c1. The Bertz CT molecular complexity index is 1060. The van der Waals surface area contributed by atoms with Crippen LogP contribution in [0.3, 0.4) is 0 Å². The summed E-state index contributed by atoms with van der Waals surface area (Å²) in [6, 6.07) is 11.8. The number of hydrogen-bond donors (Lipinski definition) is 1. The highest BCUT2D eigenvalue weighted by Crippen LogP contribution is 2.33. The average Bonchev–Trinajstić information content (AvgIpc) is 3.23. The van der Waals surface area contributed by atoms with E-state index in [1.165, 1.54) is 5.56 Å². The summed E-state index contributed by atoms with van der Waals surface area (Å²) >= 11 is 5.98. The van der Waals surface area contributed by atoms with E-state index in [0.29, 0.717) is 22.5 Å². The van der Waals surface area contributed by atoms with Crippen molar-refractivity contribution < 1.29 is 4.42 Å². The standard InChI is InChI=1S/C20H17ClN4O/c1-11-8-12(2)17(13(3)9-11)19-24-25-20(26-19)18-16(10-22-23-18)14-4-6-15(21)7-5-14/h4-10H,1-3H3,(H,22,23). The molecule has 2 aromatic heterocycles. The maximum atomic E-state index is 5.98. The number of benzene rings is 2. The van der Waals surface area contributed by atoms with Gasteiger partial charge in [-0.3, -0.25) is 5.10 Å². The number of aromatic nitrogens is 4. The third-order valence-corrected chi connectivity index (χ3v) is 4.58. The molecule has 0 spiro atoms. The van der Waals surface area contributed by atoms with Crippen LogP contribution in [0.1, 0.15) is 16.7 Å². The molecule has 0 saturated heterocycles. The van der Waals surface area contributed by atoms with Crippen molar-refractivity contribution in [3.05, 3.63) is 64.3 Å². The first-order chi connectivity index (χ1) is 12.5. The Morgan fingerprint density at radius 3 is 2.27 bits per heavy atom. The van der Waals surface area contributed by atoms with Gasteiger partial charge in [0, 0.05) is 16.1 Å². The summed E-state index contributed by atoms with van der Waals surface area (Å²) in [5, 5.41) is 16.3. The van der Waals surface area contributed by atoms with Crippen LogP contribution in [0.4, 0.5) is 0 Å². The first-order valence-corrected chi connectivity index (χ1v) is 8.62. The number of aryl methyl sites for hydroxylation is 3. The van der Waals surface area contributed by atoms with Gasteiger partial charge in [-0.1, -0.05) is 41.4 Å². The summed E-state index contributed by atoms with van der Waals surface area (Å²) in [5.41, 5.74) is 6.95. The normalized spacial score (nSPS) is 11.1. The first-order valence-electron chi connectivity index (χ1n) is 8.24. The summed E-state index contributed by atoms with van der Waals surface area (Å²) in [7, 11) is 0. The molecule has 0 amide bonds. The molecule has 6 heteroatoms. The van der Waals surface area contributed by atoms with Crippen LogP contribution in [0.5, 0.6) is 0 Å². The smallest absolute Gasteiger partial charge is 0.266 e. The van der Waals surface area contributed by atoms with Crippen LogP contribution in [0.2, 0.25) is 5.02 Å². The highest BCUT2D eigenvalue weighted by atomic mass is 35.5. The van der Waals surface area contributed by atoms with E-state index >= 15 is 0 Å². The first kappa shape index (κ1) is 16.5. The van der Waals surface area contributed by atoms with Crippen molar-refractivity contribution in [2.75, 3.05) is 0 Å². The molecule has 0 aliphatic rings. The van der Waals surface area contributed by atoms with Crippen molar-refractivity contribution in [1.82, 2.24) is 20.4 Å². The van der Waals surface area contributed by atoms with Crippen molar-refractivity contribution in [1.29, 1.82) is 0 Å². The number of halogens is 1. The molecule has 0 fully saturated rings. The van der Waals surface area contributed by atoms with E-state index in [2.05, 4.69) is 53.3 Å². The third kappa shape index (κ3) is 2.91. The van der Waals surface area contributed by atoms with Crippen molar-refractivity contribution in [2.24, 2.45) is 0 Å². The summed E-state index contributed by atoms with van der Waals surface area (Å²) in [6.07, 6.45) is 1.74. The molecule has 26 heavy (non-hydrogen) atoms. The summed E-state index contributed by atoms with van der Waals surface area (Å²) in [5.74, 6) is 0.911. The van der Waals surface area contributed by atoms with Crippen LogP contribution >= 0.6 is 11.6 Å². The van der Waals surface area contributed by atoms with Gasteiger partial charge in [-0.05, 0) is 49.6 Å². The molecule has 5 nitrogen and oxygen atoms in total. The van der Waals surface area contributed by atoms with E-state index in [1.807, 2.05) is 24.3 Å². The van der Waals surface area contributed by atoms with Gasteiger partial charge in [-0.15, -0.1) is 10.2 Å². The minimum atomic E-state index is 0.404. The fraction of sp³-hybridized carbons (Fsp3) is 0.150. The van der Waals surface area contributed by atoms with Gasteiger partial charge in [0.15, 0.2) is 0 Å². The van der Waals surface area contributed by atoms with Crippen LogP contribution in [-0.2, 0) is 0 Å². The predicted octanol–water partition coefficient (Wildman–Crippen LogP) is 5.37. The largest absolute Gasteiger partial charge is 0.415 e. The second-order valence-electron chi connectivity index (χ2n) is 6.35. The Kier molecular flexibility index (Phi) is 4.09. The maximum absolute atomic E-state index is 5.98. The van der Waals surface area contributed by atoms with Crippen molar-refractivity contribution >= 4 is 11.6 Å². The van der Waals surface area contributed by atoms with Gasteiger partial charge in [0.25, 0.3) is 5.89 Å². The highest BCUT2D eigenvalue weighted by molar-refractivity contribution is 6.30. The molecule has 0 bridgehead atoms. The van der Waals surface area contributed by atoms with Gasteiger partial charge in [0.05, 0.1) is 6.20 Å². The van der Waals surface area contributed by atoms with Crippen LogP contribution in [0, 0.1) is 20.8 Å². The molecule has 130 valence electrons. The Morgan fingerprint density at radius 2 is 1.58 bits per heavy atom. The van der Waals surface area contributed by atoms with Crippen LogP contribution in [0.25, 0.3) is 34.2 Å². The number of hydrogen-bond acceptors (Lipinski definition) is 4. The summed E-state index contributed by atoms with van der Waals surface area (Å²) in [6.45, 7) is 6.18. The molecule has 0 atom stereocenters. The monoisotopic (exact) mass is 364 g/mol. The van der Waals surface area contributed by atoms with Gasteiger partial charge in [0.2, 0.25) is 5.89 Å². The molecule has 4 rings (SSSR count). The van der Waals surface area contributed by atoms with Gasteiger partial charge in [0.1, 0.15) is 5.69 Å². The van der Waals surface area contributed by atoms with Crippen LogP contribution < -0.4 is 0 Å². The molecule has 0 saturated carbocycles. The Hall–Kier alpha value is -2.92. The quantitative estimate of drug-likeness (QED) is 0.530. The summed E-state index contributed by atoms with van der Waals surface area (Å²) in [4.78, 5) is 0. The van der Waals surface area contributed by atoms with E-state index in [1.54, 1.807) is 6.20 Å². The van der Waals surface area contributed by atoms with Crippen molar-refractivity contribution in [3.8, 4) is 34.2 Å². The minimum absolute atomic E-state index is 0.404. The molecule has 2 aromatic carbocycles. The van der Waals surface area contributed by atoms with Gasteiger partial charge < -0.3 is 4.42 Å². The number of H-pyrrole nitrogens is 1. The molecule has 4 aromatic rings. The van der Waals surface area contributed by atoms with Gasteiger partial charge >= 0.3 is 0 Å². The Morgan fingerprint density at radius 1 is 0.923 bits per heavy atom. The van der Waals surface area contributed by atoms with E-state index in [4.69, 9.17) is 16.0 Å². The zero-order chi connectivity index (χ0) is 18.3. The number of rotatable bonds is 3. The predicted molar refractivity (Wildman–Crippen MR) is 102 cm³/mol. The number of nitrogens with zero attached hydrogens (tertiary/aromatic N) is 3. The van der Waals surface area contributed by atoms with E-state index < -0.39 is 0 Å². The lowest BCUT2D eigenvalue weighted by molar-refractivity contribution is 0.581. The fourth-order valence-corrected chi connectivity index (χ4v) is 3.37. The molecule has 0 aliphatic carbocycles. The van der Waals surface area contributed by atoms with Crippen LogP contribution in [-0.4, -0.2) is 20.4 Å². The number of nitrogens with one attached hydrogen (secondary N) is 1. The molecule has 1 N–H and O–H groups in total. The zero-order valence-electron chi connectivity index (χ0n) is 14.7. The molecule has 0 unspecified atom stereocenters. The molecule has 0 radical (unpaired) electrons. The second-order valence-corrected chi connectivity index (χ2v) is 6.79. The minimum Gasteiger partial charge on any atom is -0.415 e. The van der Waals surface area contributed by atoms with Crippen molar-refractivity contribution in [3.63, 3.8) is 0 Å². The molecule has 2 heterocycles. The summed E-state index contributed by atoms with van der Waals surface area (Å²) < 4.78 is 5.98. The molecule has 0 aliphatic heterocycles. The van der Waals surface area contributed by atoms with Crippen molar-refractivity contribution in [2.45, 2.75) is 20.8 Å². The Balaban J connectivity index is 1.77. The van der Waals surface area contributed by atoms with E-state index in [-0.39, 0.29) is 0 Å². The molecular weight excluding hydrogens is 348 g/mol. The van der Waals surface area contributed by atoms with E-state index in [9.17, 15) is 0 Å². The number of aromatic amines is 1. The lowest BCUT2D eigenvalue weighted by atomic mass is 10.00. The van der Waals surface area contributed by atoms with E-state index in [0.717, 1.165) is 27.8 Å². The third-order valence-electron chi connectivity index (χ3n) is 4.32. The lowest BCUT2D eigenvalue weighted by Gasteiger charge is -2.07. The second kappa shape index (κ2) is 6.42.